The molecule has 1 saturated carbocycles. The van der Waals surface area contributed by atoms with Crippen LogP contribution in [0.1, 0.15) is 40.7 Å². The first-order chi connectivity index (χ1) is 15.7. The van der Waals surface area contributed by atoms with Gasteiger partial charge in [-0.3, -0.25) is 5.10 Å². The number of anilines is 3. The molecule has 1 aromatic carbocycles. The number of aromatic nitrogens is 5. The van der Waals surface area contributed by atoms with Gasteiger partial charge in [-0.2, -0.15) is 10.1 Å². The van der Waals surface area contributed by atoms with E-state index < -0.39 is 5.97 Å². The predicted octanol–water partition coefficient (Wildman–Crippen LogP) is 3.87. The van der Waals surface area contributed by atoms with Crippen LogP contribution in [0.3, 0.4) is 0 Å². The van der Waals surface area contributed by atoms with E-state index in [1.54, 1.807) is 0 Å². The monoisotopic (exact) mass is 431 g/mol. The first-order valence-electron chi connectivity index (χ1n) is 10.2. The van der Waals surface area contributed by atoms with Crippen molar-refractivity contribution in [3.8, 4) is 11.3 Å². The first kappa shape index (κ1) is 19.7. The number of nitrogens with zero attached hydrogens (tertiary/aromatic N) is 4. The molecule has 3 heterocycles. The van der Waals surface area contributed by atoms with E-state index in [0.29, 0.717) is 23.3 Å². The summed E-state index contributed by atoms with van der Waals surface area (Å²) in [5.41, 5.74) is 2.90. The number of ether oxygens (including phenoxy) is 1. The van der Waals surface area contributed by atoms with Crippen LogP contribution in [0.25, 0.3) is 11.3 Å². The molecule has 3 N–H and O–H groups in total. The second kappa shape index (κ2) is 8.50. The second-order valence-corrected chi connectivity index (χ2v) is 7.46. The molecule has 0 unspecified atom stereocenters. The molecule has 0 bridgehead atoms. The summed E-state index contributed by atoms with van der Waals surface area (Å²) in [6.07, 6.45) is 2.34. The van der Waals surface area contributed by atoms with Gasteiger partial charge in [0.05, 0.1) is 13.7 Å². The van der Waals surface area contributed by atoms with Gasteiger partial charge in [-0.25, -0.2) is 9.78 Å². The van der Waals surface area contributed by atoms with Crippen molar-refractivity contribution in [1.29, 1.82) is 0 Å². The van der Waals surface area contributed by atoms with Crippen LogP contribution >= 0.6 is 0 Å². The van der Waals surface area contributed by atoms with Crippen molar-refractivity contribution in [2.75, 3.05) is 17.7 Å². The maximum Gasteiger partial charge on any atom is 0.356 e. The van der Waals surface area contributed by atoms with E-state index in [2.05, 4.69) is 36.0 Å². The third kappa shape index (κ3) is 4.43. The fourth-order valence-electron chi connectivity index (χ4n) is 3.24. The molecule has 162 valence electrons. The van der Waals surface area contributed by atoms with Gasteiger partial charge in [-0.1, -0.05) is 35.5 Å². The van der Waals surface area contributed by atoms with Crippen LogP contribution in [0, 0.1) is 0 Å². The average Bonchev–Trinajstić information content (AvgIpc) is 3.38. The van der Waals surface area contributed by atoms with Gasteiger partial charge in [0.1, 0.15) is 11.5 Å². The van der Waals surface area contributed by atoms with Crippen LogP contribution in [0.4, 0.5) is 17.6 Å². The summed E-state index contributed by atoms with van der Waals surface area (Å²) < 4.78 is 10.2. The lowest BCUT2D eigenvalue weighted by Crippen LogP contribution is -2.11. The maximum absolute atomic E-state index is 12.1. The van der Waals surface area contributed by atoms with E-state index in [4.69, 9.17) is 9.26 Å². The number of carbonyl (C=O) groups is 1. The number of hydrogen-bond acceptors (Lipinski definition) is 9. The Hall–Kier alpha value is -4.21. The Labute approximate surface area is 183 Å². The largest absolute Gasteiger partial charge is 0.464 e. The van der Waals surface area contributed by atoms with Crippen molar-refractivity contribution >= 4 is 23.6 Å². The van der Waals surface area contributed by atoms with Crippen molar-refractivity contribution in [2.24, 2.45) is 0 Å². The molecule has 10 heteroatoms. The minimum Gasteiger partial charge on any atom is -0.464 e. The number of carbonyl (C=O) groups excluding carboxylic acids is 1. The van der Waals surface area contributed by atoms with E-state index in [9.17, 15) is 4.79 Å². The van der Waals surface area contributed by atoms with E-state index >= 15 is 0 Å². The van der Waals surface area contributed by atoms with Gasteiger partial charge in [0.2, 0.25) is 5.95 Å². The molecule has 0 saturated heterocycles. The fourth-order valence-corrected chi connectivity index (χ4v) is 3.24. The topological polar surface area (TPSA) is 131 Å². The van der Waals surface area contributed by atoms with Gasteiger partial charge in [0.25, 0.3) is 0 Å². The molecule has 1 aliphatic carbocycles. The number of H-pyrrole nitrogens is 1. The lowest BCUT2D eigenvalue weighted by molar-refractivity contribution is 0.0594. The lowest BCUT2D eigenvalue weighted by atomic mass is 10.1. The Morgan fingerprint density at radius 1 is 1.16 bits per heavy atom. The molecule has 1 fully saturated rings. The van der Waals surface area contributed by atoms with Crippen LogP contribution in [0.2, 0.25) is 0 Å². The van der Waals surface area contributed by atoms with E-state index in [1.807, 2.05) is 42.5 Å². The summed E-state index contributed by atoms with van der Waals surface area (Å²) in [6.45, 7) is 0.290. The highest BCUT2D eigenvalue weighted by Gasteiger charge is 2.25. The highest BCUT2D eigenvalue weighted by atomic mass is 16.5. The summed E-state index contributed by atoms with van der Waals surface area (Å²) >= 11 is 0. The SMILES string of the molecule is COC(=O)c1cc(Nc2cc(C3CC3)[nH]n2)nc(NCc2cc(-c3ccccc3)no2)n1. The second-order valence-electron chi connectivity index (χ2n) is 7.46. The van der Waals surface area contributed by atoms with Gasteiger partial charge in [0, 0.05) is 35.4 Å². The fraction of sp³-hybridized carbons (Fsp3) is 0.227. The molecule has 0 spiro atoms. The normalized spacial score (nSPS) is 13.0. The molecule has 3 aromatic heterocycles. The van der Waals surface area contributed by atoms with Crippen LogP contribution in [-0.2, 0) is 11.3 Å². The number of rotatable bonds is 8. The van der Waals surface area contributed by atoms with Crippen molar-refractivity contribution in [3.05, 3.63) is 65.7 Å². The molecule has 0 amide bonds. The predicted molar refractivity (Wildman–Crippen MR) is 116 cm³/mol. The summed E-state index contributed by atoms with van der Waals surface area (Å²) in [5, 5.41) is 17.6. The van der Waals surface area contributed by atoms with Gasteiger partial charge >= 0.3 is 5.97 Å². The van der Waals surface area contributed by atoms with E-state index in [-0.39, 0.29) is 18.2 Å². The van der Waals surface area contributed by atoms with Gasteiger partial charge in [-0.15, -0.1) is 0 Å². The van der Waals surface area contributed by atoms with Crippen LogP contribution in [0.15, 0.2) is 53.1 Å². The van der Waals surface area contributed by atoms with Crippen LogP contribution in [0.5, 0.6) is 0 Å². The molecule has 1 aliphatic rings. The highest BCUT2D eigenvalue weighted by molar-refractivity contribution is 5.88. The van der Waals surface area contributed by atoms with Crippen molar-refractivity contribution in [1.82, 2.24) is 25.3 Å². The maximum atomic E-state index is 12.1. The molecule has 4 aromatic rings. The van der Waals surface area contributed by atoms with Gasteiger partial charge in [0.15, 0.2) is 17.3 Å². The Balaban J connectivity index is 1.32. The highest BCUT2D eigenvalue weighted by Crippen LogP contribution is 2.39. The smallest absolute Gasteiger partial charge is 0.356 e. The number of benzene rings is 1. The Kier molecular flexibility index (Phi) is 5.24. The Morgan fingerprint density at radius 3 is 2.78 bits per heavy atom. The number of esters is 1. The van der Waals surface area contributed by atoms with E-state index in [1.165, 1.54) is 26.0 Å². The minimum absolute atomic E-state index is 0.119. The standard InChI is InChI=1S/C22H21N7O3/c1-31-21(30)18-11-19(25-20-10-16(27-28-20)14-7-8-14)26-22(24-18)23-12-15-9-17(29-32-15)13-5-3-2-4-6-13/h2-6,9-11,14H,7-8,12H2,1H3,(H3,23,24,25,26,27,28). The summed E-state index contributed by atoms with van der Waals surface area (Å²) in [4.78, 5) is 20.8. The quantitative estimate of drug-likeness (QED) is 0.356. The zero-order chi connectivity index (χ0) is 21.9. The zero-order valence-electron chi connectivity index (χ0n) is 17.3. The molecular formula is C22H21N7O3. The number of hydrogen-bond donors (Lipinski definition) is 3. The summed E-state index contributed by atoms with van der Waals surface area (Å²) in [6, 6.07) is 15.0. The molecule has 0 atom stereocenters. The number of methoxy groups -OCH3 is 1. The summed E-state index contributed by atoms with van der Waals surface area (Å²) in [7, 11) is 1.31. The number of nitrogens with one attached hydrogen (secondary N) is 3. The van der Waals surface area contributed by atoms with E-state index in [0.717, 1.165) is 17.0 Å². The average molecular weight is 431 g/mol. The van der Waals surface area contributed by atoms with Crippen LogP contribution in [-0.4, -0.2) is 38.4 Å². The van der Waals surface area contributed by atoms with Gasteiger partial charge in [-0.05, 0) is 12.8 Å². The molecule has 0 aliphatic heterocycles. The molecular weight excluding hydrogens is 410 g/mol. The lowest BCUT2D eigenvalue weighted by Gasteiger charge is -2.08. The molecule has 32 heavy (non-hydrogen) atoms. The van der Waals surface area contributed by atoms with Crippen molar-refractivity contribution in [3.63, 3.8) is 0 Å². The minimum atomic E-state index is -0.565. The van der Waals surface area contributed by atoms with Crippen molar-refractivity contribution in [2.45, 2.75) is 25.3 Å². The third-order valence-electron chi connectivity index (χ3n) is 5.04. The van der Waals surface area contributed by atoms with Crippen LogP contribution < -0.4 is 10.6 Å². The molecule has 0 radical (unpaired) electrons. The number of aromatic amines is 1. The third-order valence-corrected chi connectivity index (χ3v) is 5.04. The summed E-state index contributed by atoms with van der Waals surface area (Å²) in [5.74, 6) is 1.87. The zero-order valence-corrected chi connectivity index (χ0v) is 17.3. The molecule has 10 nitrogen and oxygen atoms in total. The Morgan fingerprint density at radius 2 is 2.00 bits per heavy atom. The molecule has 5 rings (SSSR count). The van der Waals surface area contributed by atoms with Crippen molar-refractivity contribution < 1.29 is 14.1 Å². The van der Waals surface area contributed by atoms with Gasteiger partial charge < -0.3 is 19.9 Å². The first-order valence-corrected chi connectivity index (χ1v) is 10.2. The Bertz CT molecular complexity index is 1230.